The number of hydrogen-bond acceptors (Lipinski definition) is 4. The number of amides is 2. The maximum absolute atomic E-state index is 13.0. The Labute approximate surface area is 132 Å². The number of nitrogens with one attached hydrogen (secondary N) is 1. The summed E-state index contributed by atoms with van der Waals surface area (Å²) in [6.45, 7) is 6.84. The van der Waals surface area contributed by atoms with Crippen LogP contribution in [-0.2, 0) is 9.59 Å². The molecule has 2 aliphatic rings. The van der Waals surface area contributed by atoms with Gasteiger partial charge in [0.25, 0.3) is 0 Å². The Kier molecular flexibility index (Phi) is 5.81. The van der Waals surface area contributed by atoms with Crippen molar-refractivity contribution >= 4 is 11.8 Å². The highest BCUT2D eigenvalue weighted by Gasteiger charge is 2.43. The molecule has 22 heavy (non-hydrogen) atoms. The summed E-state index contributed by atoms with van der Waals surface area (Å²) in [4.78, 5) is 28.6. The van der Waals surface area contributed by atoms with E-state index in [1.807, 2.05) is 4.90 Å². The summed E-state index contributed by atoms with van der Waals surface area (Å²) in [6.07, 6.45) is 4.28. The van der Waals surface area contributed by atoms with Gasteiger partial charge in [0.15, 0.2) is 0 Å². The Hall–Kier alpha value is -1.14. The van der Waals surface area contributed by atoms with E-state index in [-0.39, 0.29) is 17.9 Å². The van der Waals surface area contributed by atoms with Crippen LogP contribution in [0.15, 0.2) is 0 Å². The van der Waals surface area contributed by atoms with E-state index in [4.69, 9.17) is 0 Å². The molecule has 0 radical (unpaired) electrons. The van der Waals surface area contributed by atoms with E-state index in [2.05, 4.69) is 10.2 Å². The Morgan fingerprint density at radius 1 is 1.14 bits per heavy atom. The van der Waals surface area contributed by atoms with Crippen molar-refractivity contribution in [3.63, 3.8) is 0 Å². The van der Waals surface area contributed by atoms with Gasteiger partial charge in [-0.2, -0.15) is 0 Å². The van der Waals surface area contributed by atoms with Gasteiger partial charge in [0.2, 0.25) is 11.8 Å². The zero-order valence-electron chi connectivity index (χ0n) is 13.8. The molecule has 1 saturated heterocycles. The molecule has 1 aliphatic heterocycles. The molecule has 126 valence electrons. The Morgan fingerprint density at radius 2 is 1.73 bits per heavy atom. The third-order valence-corrected chi connectivity index (χ3v) is 4.71. The van der Waals surface area contributed by atoms with Gasteiger partial charge in [-0.25, -0.2) is 0 Å². The molecule has 6 nitrogen and oxygen atoms in total. The van der Waals surface area contributed by atoms with Gasteiger partial charge in [0.05, 0.1) is 6.10 Å². The zero-order chi connectivity index (χ0) is 16.2. The van der Waals surface area contributed by atoms with Crippen LogP contribution in [0.1, 0.15) is 46.0 Å². The van der Waals surface area contributed by atoms with Crippen LogP contribution < -0.4 is 5.32 Å². The molecule has 2 rings (SSSR count). The quantitative estimate of drug-likeness (QED) is 0.786. The Balaban J connectivity index is 1.98. The lowest BCUT2D eigenvalue weighted by Crippen LogP contribution is -2.63. The molecule has 1 atom stereocenters. The molecule has 0 aromatic rings. The highest BCUT2D eigenvalue weighted by atomic mass is 16.3. The SMILES string of the molecule is CC(=O)NC1(C(=O)N2CCN(C[C@@H](C)O)CC2)CCCCC1. The van der Waals surface area contributed by atoms with Crippen LogP contribution in [0, 0.1) is 0 Å². The third kappa shape index (κ3) is 4.20. The van der Waals surface area contributed by atoms with Gasteiger partial charge < -0.3 is 15.3 Å². The van der Waals surface area contributed by atoms with E-state index in [1.54, 1.807) is 6.92 Å². The van der Waals surface area contributed by atoms with E-state index < -0.39 is 5.54 Å². The fourth-order valence-electron chi connectivity index (χ4n) is 3.69. The largest absolute Gasteiger partial charge is 0.392 e. The number of carbonyl (C=O) groups is 2. The molecule has 2 N–H and O–H groups in total. The molecule has 0 aromatic carbocycles. The molecular formula is C16H29N3O3. The first-order valence-electron chi connectivity index (χ1n) is 8.41. The van der Waals surface area contributed by atoms with Gasteiger partial charge >= 0.3 is 0 Å². The van der Waals surface area contributed by atoms with E-state index in [1.165, 1.54) is 6.92 Å². The number of hydrogen-bond donors (Lipinski definition) is 2. The molecule has 1 heterocycles. The normalized spacial score (nSPS) is 23.9. The average Bonchev–Trinajstić information content (AvgIpc) is 2.47. The summed E-state index contributed by atoms with van der Waals surface area (Å²) in [5.41, 5.74) is -0.684. The zero-order valence-corrected chi connectivity index (χ0v) is 13.8. The standard InChI is InChI=1S/C16H29N3O3/c1-13(20)12-18-8-10-19(11-9-18)15(22)16(17-14(2)21)6-4-3-5-7-16/h13,20H,3-12H2,1-2H3,(H,17,21)/t13-/m1/s1. The van der Waals surface area contributed by atoms with Crippen molar-refractivity contribution in [2.24, 2.45) is 0 Å². The van der Waals surface area contributed by atoms with Gasteiger partial charge in [-0.05, 0) is 19.8 Å². The summed E-state index contributed by atoms with van der Waals surface area (Å²) in [5, 5.41) is 12.4. The number of aliphatic hydroxyl groups excluding tert-OH is 1. The summed E-state index contributed by atoms with van der Waals surface area (Å²) in [6, 6.07) is 0. The molecule has 1 aliphatic carbocycles. The van der Waals surface area contributed by atoms with Gasteiger partial charge in [0, 0.05) is 39.6 Å². The minimum absolute atomic E-state index is 0.0825. The maximum Gasteiger partial charge on any atom is 0.248 e. The van der Waals surface area contributed by atoms with Crippen LogP contribution in [0.3, 0.4) is 0 Å². The van der Waals surface area contributed by atoms with Crippen molar-refractivity contribution in [2.45, 2.75) is 57.6 Å². The van der Waals surface area contributed by atoms with Crippen molar-refractivity contribution in [1.29, 1.82) is 0 Å². The van der Waals surface area contributed by atoms with Gasteiger partial charge in [-0.3, -0.25) is 14.5 Å². The number of aliphatic hydroxyl groups is 1. The topological polar surface area (TPSA) is 72.9 Å². The van der Waals surface area contributed by atoms with Crippen LogP contribution >= 0.6 is 0 Å². The third-order valence-electron chi connectivity index (χ3n) is 4.71. The van der Waals surface area contributed by atoms with Gasteiger partial charge in [-0.15, -0.1) is 0 Å². The number of nitrogens with zero attached hydrogens (tertiary/aromatic N) is 2. The first-order valence-corrected chi connectivity index (χ1v) is 8.41. The number of rotatable bonds is 4. The van der Waals surface area contributed by atoms with Crippen LogP contribution in [0.5, 0.6) is 0 Å². The second-order valence-electron chi connectivity index (χ2n) is 6.77. The van der Waals surface area contributed by atoms with Crippen molar-refractivity contribution < 1.29 is 14.7 Å². The van der Waals surface area contributed by atoms with Crippen molar-refractivity contribution in [3.05, 3.63) is 0 Å². The molecule has 6 heteroatoms. The smallest absolute Gasteiger partial charge is 0.248 e. The van der Waals surface area contributed by atoms with E-state index >= 15 is 0 Å². The number of β-amino-alcohol motifs (C(OH)–C–C–N with tert-alkyl or cyclic N) is 1. The van der Waals surface area contributed by atoms with Crippen molar-refractivity contribution in [2.75, 3.05) is 32.7 Å². The van der Waals surface area contributed by atoms with E-state index in [0.717, 1.165) is 45.2 Å². The lowest BCUT2D eigenvalue weighted by atomic mass is 9.80. The molecule has 0 bridgehead atoms. The molecule has 1 saturated carbocycles. The predicted molar refractivity (Wildman–Crippen MR) is 84.3 cm³/mol. The molecule has 0 aromatic heterocycles. The first-order chi connectivity index (χ1) is 10.4. The fraction of sp³-hybridized carbons (Fsp3) is 0.875. The van der Waals surface area contributed by atoms with Crippen molar-refractivity contribution in [1.82, 2.24) is 15.1 Å². The summed E-state index contributed by atoms with van der Waals surface area (Å²) < 4.78 is 0. The van der Waals surface area contributed by atoms with Crippen LogP contribution in [0.4, 0.5) is 0 Å². The van der Waals surface area contributed by atoms with E-state index in [9.17, 15) is 14.7 Å². The Bertz CT molecular complexity index is 397. The van der Waals surface area contributed by atoms with Crippen LogP contribution in [0.25, 0.3) is 0 Å². The second kappa shape index (κ2) is 7.42. The highest BCUT2D eigenvalue weighted by molar-refractivity contribution is 5.91. The first kappa shape index (κ1) is 17.2. The monoisotopic (exact) mass is 311 g/mol. The predicted octanol–water partition coefficient (Wildman–Crippen LogP) is 0.350. The van der Waals surface area contributed by atoms with Crippen LogP contribution in [-0.4, -0.2) is 71.1 Å². The summed E-state index contributed by atoms with van der Waals surface area (Å²) in [7, 11) is 0. The minimum Gasteiger partial charge on any atom is -0.392 e. The molecule has 0 unspecified atom stereocenters. The summed E-state index contributed by atoms with van der Waals surface area (Å²) in [5.74, 6) is -0.0397. The lowest BCUT2D eigenvalue weighted by Gasteiger charge is -2.43. The molecular weight excluding hydrogens is 282 g/mol. The second-order valence-corrected chi connectivity index (χ2v) is 6.77. The average molecular weight is 311 g/mol. The lowest BCUT2D eigenvalue weighted by molar-refractivity contribution is -0.144. The number of piperazine rings is 1. The fourth-order valence-corrected chi connectivity index (χ4v) is 3.69. The Morgan fingerprint density at radius 3 is 2.23 bits per heavy atom. The van der Waals surface area contributed by atoms with Gasteiger partial charge in [-0.1, -0.05) is 19.3 Å². The summed E-state index contributed by atoms with van der Waals surface area (Å²) >= 11 is 0. The number of carbonyl (C=O) groups excluding carboxylic acids is 2. The minimum atomic E-state index is -0.684. The molecule has 2 fully saturated rings. The molecule has 2 amide bonds. The molecule has 0 spiro atoms. The van der Waals surface area contributed by atoms with Gasteiger partial charge in [0.1, 0.15) is 5.54 Å². The highest BCUT2D eigenvalue weighted by Crippen LogP contribution is 2.30. The van der Waals surface area contributed by atoms with Crippen LogP contribution in [0.2, 0.25) is 0 Å². The van der Waals surface area contributed by atoms with Crippen molar-refractivity contribution in [3.8, 4) is 0 Å². The van der Waals surface area contributed by atoms with E-state index in [0.29, 0.717) is 19.6 Å². The maximum atomic E-state index is 13.0.